The lowest BCUT2D eigenvalue weighted by Crippen LogP contribution is -2.28. The van der Waals surface area contributed by atoms with E-state index in [1.54, 1.807) is 0 Å². The Morgan fingerprint density at radius 3 is 2.75 bits per heavy atom. The van der Waals surface area contributed by atoms with Crippen LogP contribution in [0.15, 0.2) is 11.1 Å². The molecule has 0 aromatic heterocycles. The summed E-state index contributed by atoms with van der Waals surface area (Å²) in [5.74, 6) is -0.199. The van der Waals surface area contributed by atoms with Gasteiger partial charge in [0.1, 0.15) is 0 Å². The summed E-state index contributed by atoms with van der Waals surface area (Å²) in [5, 5.41) is 3.12. The number of nitrogens with one attached hydrogen (secondary N) is 1. The molecule has 0 spiro atoms. The van der Waals surface area contributed by atoms with E-state index in [-0.39, 0.29) is 18.4 Å². The van der Waals surface area contributed by atoms with Crippen molar-refractivity contribution < 1.29 is 9.53 Å². The molecule has 0 radical (unpaired) electrons. The van der Waals surface area contributed by atoms with E-state index in [9.17, 15) is 4.79 Å². The van der Waals surface area contributed by atoms with E-state index < -0.39 is 0 Å². The number of hydrogen-bond donors (Lipinski definition) is 1. The molecule has 0 aliphatic carbocycles. The first kappa shape index (κ1) is 11.5. The summed E-state index contributed by atoms with van der Waals surface area (Å²) in [6.45, 7) is 3.60. The zero-order valence-corrected chi connectivity index (χ0v) is 8.16. The van der Waals surface area contributed by atoms with Crippen LogP contribution in [0.3, 0.4) is 0 Å². The summed E-state index contributed by atoms with van der Waals surface area (Å²) in [7, 11) is 1.41. The summed E-state index contributed by atoms with van der Waals surface area (Å²) in [6, 6.07) is 0. The molecule has 0 fully saturated rings. The van der Waals surface area contributed by atoms with Gasteiger partial charge >= 0.3 is 5.97 Å². The lowest BCUT2D eigenvalue weighted by Gasteiger charge is -2.16. The maximum absolute atomic E-state index is 11.1. The van der Waals surface area contributed by atoms with Crippen LogP contribution < -0.4 is 5.32 Å². The second kappa shape index (κ2) is 5.17. The third-order valence-electron chi connectivity index (χ3n) is 1.93. The first-order valence-corrected chi connectivity index (χ1v) is 3.73. The molecule has 1 aliphatic heterocycles. The monoisotopic (exact) mass is 191 g/mol. The Morgan fingerprint density at radius 2 is 2.25 bits per heavy atom. The highest BCUT2D eigenvalue weighted by Gasteiger charge is 2.15. The van der Waals surface area contributed by atoms with Gasteiger partial charge in [-0.1, -0.05) is 5.57 Å². The molecule has 1 heterocycles. The van der Waals surface area contributed by atoms with E-state index in [1.165, 1.54) is 7.11 Å². The summed E-state index contributed by atoms with van der Waals surface area (Å²) in [4.78, 5) is 11.1. The molecule has 4 heteroatoms. The fourth-order valence-corrected chi connectivity index (χ4v) is 1.16. The van der Waals surface area contributed by atoms with Crippen LogP contribution >= 0.6 is 12.4 Å². The van der Waals surface area contributed by atoms with E-state index in [0.717, 1.165) is 24.1 Å². The molecule has 0 amide bonds. The largest absolute Gasteiger partial charge is 0.466 e. The van der Waals surface area contributed by atoms with Crippen LogP contribution in [0.2, 0.25) is 0 Å². The molecule has 0 atom stereocenters. The molecule has 0 bridgehead atoms. The molecule has 70 valence electrons. The number of rotatable bonds is 1. The first-order chi connectivity index (χ1) is 5.25. The van der Waals surface area contributed by atoms with Crippen LogP contribution in [0.1, 0.15) is 13.3 Å². The minimum Gasteiger partial charge on any atom is -0.466 e. The third kappa shape index (κ3) is 2.50. The molecular weight excluding hydrogens is 178 g/mol. The summed E-state index contributed by atoms with van der Waals surface area (Å²) in [6.07, 6.45) is 0.949. The topological polar surface area (TPSA) is 38.3 Å². The lowest BCUT2D eigenvalue weighted by atomic mass is 10.0. The molecule has 0 unspecified atom stereocenters. The van der Waals surface area contributed by atoms with Gasteiger partial charge in [0.15, 0.2) is 0 Å². The minimum atomic E-state index is -0.199. The van der Waals surface area contributed by atoms with Crippen LogP contribution in [-0.4, -0.2) is 26.2 Å². The van der Waals surface area contributed by atoms with E-state index in [1.807, 2.05) is 6.92 Å². The molecule has 3 nitrogen and oxygen atoms in total. The van der Waals surface area contributed by atoms with Gasteiger partial charge < -0.3 is 10.1 Å². The fourth-order valence-electron chi connectivity index (χ4n) is 1.16. The van der Waals surface area contributed by atoms with Gasteiger partial charge in [-0.2, -0.15) is 0 Å². The second-order valence-electron chi connectivity index (χ2n) is 2.68. The summed E-state index contributed by atoms with van der Waals surface area (Å²) < 4.78 is 4.62. The third-order valence-corrected chi connectivity index (χ3v) is 1.93. The van der Waals surface area contributed by atoms with Crippen LogP contribution in [0, 0.1) is 0 Å². The van der Waals surface area contributed by atoms with Crippen molar-refractivity contribution in [3.05, 3.63) is 11.1 Å². The van der Waals surface area contributed by atoms with Gasteiger partial charge in [0.2, 0.25) is 0 Å². The SMILES string of the molecule is COC(=O)C1=C(C)CCNC1.Cl. The fraction of sp³-hybridized carbons (Fsp3) is 0.625. The Hall–Kier alpha value is -0.540. The van der Waals surface area contributed by atoms with Crippen LogP contribution in [0.5, 0.6) is 0 Å². The number of hydrogen-bond acceptors (Lipinski definition) is 3. The molecule has 1 rings (SSSR count). The predicted octanol–water partition coefficient (Wildman–Crippen LogP) is 0.891. The van der Waals surface area contributed by atoms with Crippen LogP contribution in [-0.2, 0) is 9.53 Å². The average molecular weight is 192 g/mol. The van der Waals surface area contributed by atoms with Gasteiger partial charge in [0, 0.05) is 12.1 Å². The molecule has 0 aromatic rings. The Kier molecular flexibility index (Phi) is 4.93. The quantitative estimate of drug-likeness (QED) is 0.626. The Morgan fingerprint density at radius 1 is 1.58 bits per heavy atom. The van der Waals surface area contributed by atoms with Gasteiger partial charge in [0.05, 0.1) is 7.11 Å². The van der Waals surface area contributed by atoms with Crippen molar-refractivity contribution in [2.24, 2.45) is 0 Å². The molecular formula is C8H14ClNO2. The summed E-state index contributed by atoms with van der Waals surface area (Å²) in [5.41, 5.74) is 1.94. The normalized spacial score (nSPS) is 16.8. The van der Waals surface area contributed by atoms with E-state index in [0.29, 0.717) is 6.54 Å². The highest BCUT2D eigenvalue weighted by molar-refractivity contribution is 5.89. The number of carbonyl (C=O) groups is 1. The standard InChI is InChI=1S/C8H13NO2.ClH/c1-6-3-4-9-5-7(6)8(10)11-2;/h9H,3-5H2,1-2H3;1H. The summed E-state index contributed by atoms with van der Waals surface area (Å²) >= 11 is 0. The molecule has 0 saturated carbocycles. The van der Waals surface area contributed by atoms with Gasteiger partial charge in [-0.05, 0) is 19.9 Å². The lowest BCUT2D eigenvalue weighted by molar-refractivity contribution is -0.136. The van der Waals surface area contributed by atoms with Gasteiger partial charge in [-0.3, -0.25) is 0 Å². The average Bonchev–Trinajstić information content (AvgIpc) is 2.04. The van der Waals surface area contributed by atoms with Crippen molar-refractivity contribution in [2.45, 2.75) is 13.3 Å². The van der Waals surface area contributed by atoms with Gasteiger partial charge in [-0.25, -0.2) is 4.79 Å². The Labute approximate surface area is 78.6 Å². The molecule has 0 saturated heterocycles. The van der Waals surface area contributed by atoms with Gasteiger partial charge in [0.25, 0.3) is 0 Å². The predicted molar refractivity (Wildman–Crippen MR) is 49.5 cm³/mol. The number of ether oxygens (including phenoxy) is 1. The molecule has 0 aromatic carbocycles. The first-order valence-electron chi connectivity index (χ1n) is 3.73. The van der Waals surface area contributed by atoms with Crippen molar-refractivity contribution in [1.29, 1.82) is 0 Å². The number of esters is 1. The Balaban J connectivity index is 0.00000121. The van der Waals surface area contributed by atoms with Crippen LogP contribution in [0.25, 0.3) is 0 Å². The zero-order chi connectivity index (χ0) is 8.27. The van der Waals surface area contributed by atoms with E-state index >= 15 is 0 Å². The minimum absolute atomic E-state index is 0. The molecule has 1 N–H and O–H groups in total. The molecule has 1 aliphatic rings. The van der Waals surface area contributed by atoms with E-state index in [4.69, 9.17) is 0 Å². The highest BCUT2D eigenvalue weighted by atomic mass is 35.5. The molecule has 12 heavy (non-hydrogen) atoms. The van der Waals surface area contributed by atoms with Crippen LogP contribution in [0.4, 0.5) is 0 Å². The van der Waals surface area contributed by atoms with Crippen molar-refractivity contribution in [3.63, 3.8) is 0 Å². The highest BCUT2D eigenvalue weighted by Crippen LogP contribution is 2.12. The van der Waals surface area contributed by atoms with Crippen molar-refractivity contribution in [1.82, 2.24) is 5.32 Å². The van der Waals surface area contributed by atoms with Crippen molar-refractivity contribution >= 4 is 18.4 Å². The van der Waals surface area contributed by atoms with Crippen molar-refractivity contribution in [2.75, 3.05) is 20.2 Å². The zero-order valence-electron chi connectivity index (χ0n) is 7.35. The number of carbonyl (C=O) groups excluding carboxylic acids is 1. The second-order valence-corrected chi connectivity index (χ2v) is 2.68. The number of methoxy groups -OCH3 is 1. The van der Waals surface area contributed by atoms with E-state index in [2.05, 4.69) is 10.1 Å². The Bertz CT molecular complexity index is 201. The van der Waals surface area contributed by atoms with Gasteiger partial charge in [-0.15, -0.1) is 12.4 Å². The van der Waals surface area contributed by atoms with Crippen molar-refractivity contribution in [3.8, 4) is 0 Å². The smallest absolute Gasteiger partial charge is 0.334 e. The maximum Gasteiger partial charge on any atom is 0.334 e. The maximum atomic E-state index is 11.1. The number of halogens is 1.